The topological polar surface area (TPSA) is 87.4 Å². The summed E-state index contributed by atoms with van der Waals surface area (Å²) in [5.74, 6) is 3.67. The van der Waals surface area contributed by atoms with Crippen LogP contribution in [-0.4, -0.2) is 11.9 Å². The third-order valence-corrected chi connectivity index (χ3v) is 12.0. The Kier molecular flexibility index (Phi) is 8.71. The van der Waals surface area contributed by atoms with Crippen molar-refractivity contribution in [3.8, 4) is 34.5 Å². The quantitative estimate of drug-likeness (QED) is 0.143. The molecule has 0 aliphatic carbocycles. The lowest BCUT2D eigenvalue weighted by Crippen LogP contribution is -2.52. The third-order valence-electron chi connectivity index (χ3n) is 12.0. The van der Waals surface area contributed by atoms with Crippen molar-refractivity contribution < 1.29 is 19.0 Å². The molecule has 9 aromatic rings. The zero-order chi connectivity index (χ0) is 44.4. The van der Waals surface area contributed by atoms with Gasteiger partial charge in [-0.05, 0) is 84.9 Å². The highest BCUT2D eigenvalue weighted by Crippen LogP contribution is 2.68. The van der Waals surface area contributed by atoms with Gasteiger partial charge in [0.05, 0.1) is 22.7 Å². The number of benzene rings is 9. The van der Waals surface area contributed by atoms with Crippen molar-refractivity contribution in [1.29, 1.82) is 0 Å². The summed E-state index contributed by atoms with van der Waals surface area (Å²) in [6, 6.07) is 71.3. The Labute approximate surface area is 385 Å². The van der Waals surface area contributed by atoms with Gasteiger partial charge in [-0.1, -0.05) is 109 Å². The van der Waals surface area contributed by atoms with Crippen LogP contribution in [0.25, 0.3) is 0 Å². The van der Waals surface area contributed by atoms with Crippen LogP contribution in [0.5, 0.6) is 34.5 Å². The second kappa shape index (κ2) is 15.4. The van der Waals surface area contributed by atoms with Gasteiger partial charge in [-0.2, -0.15) is 10.0 Å². The first-order valence-corrected chi connectivity index (χ1v) is 21.9. The molecular formula is C56H36N7O4. The summed E-state index contributed by atoms with van der Waals surface area (Å²) < 4.78 is 21.2. The first-order chi connectivity index (χ1) is 33.1. The van der Waals surface area contributed by atoms with Crippen molar-refractivity contribution in [3.05, 3.63) is 224 Å². The molecule has 11 nitrogen and oxygen atoms in total. The minimum absolute atomic E-state index is 0.277. The van der Waals surface area contributed by atoms with Crippen molar-refractivity contribution in [1.82, 2.24) is 5.43 Å². The summed E-state index contributed by atoms with van der Waals surface area (Å²) in [5.41, 5.74) is 14.4. The fourth-order valence-corrected chi connectivity index (χ4v) is 9.10. The maximum absolute atomic E-state index is 14.2. The van der Waals surface area contributed by atoms with Crippen molar-refractivity contribution in [2.75, 3.05) is 24.7 Å². The Bertz CT molecular complexity index is 3160. The van der Waals surface area contributed by atoms with E-state index in [0.717, 1.165) is 45.5 Å². The Hall–Kier alpha value is -9.48. The molecule has 0 saturated heterocycles. The molecule has 1 radical (unpaired) electrons. The summed E-state index contributed by atoms with van der Waals surface area (Å²) in [4.78, 5) is 20.7. The maximum atomic E-state index is 14.2. The van der Waals surface area contributed by atoms with Crippen LogP contribution in [0.2, 0.25) is 0 Å². The Balaban J connectivity index is 1.03. The molecule has 4 aliphatic rings. The van der Waals surface area contributed by atoms with Crippen molar-refractivity contribution in [3.63, 3.8) is 0 Å². The van der Waals surface area contributed by atoms with E-state index in [1.807, 2.05) is 158 Å². The largest absolute Gasteiger partial charge is 0.453 e. The summed E-state index contributed by atoms with van der Waals surface area (Å²) in [5, 5.41) is 7.64. The number of ether oxygens (including phenoxy) is 3. The van der Waals surface area contributed by atoms with Crippen LogP contribution in [0, 0.1) is 0 Å². The van der Waals surface area contributed by atoms with E-state index in [2.05, 4.69) is 75.4 Å². The van der Waals surface area contributed by atoms with Crippen LogP contribution in [-0.2, 0) is 0 Å². The van der Waals surface area contributed by atoms with Gasteiger partial charge in [0.15, 0.2) is 34.5 Å². The van der Waals surface area contributed by atoms with E-state index >= 15 is 0 Å². The number of hydrogen-bond acceptors (Lipinski definition) is 8. The van der Waals surface area contributed by atoms with Crippen LogP contribution < -0.4 is 44.4 Å². The molecule has 67 heavy (non-hydrogen) atoms. The zero-order valence-corrected chi connectivity index (χ0v) is 35.5. The van der Waals surface area contributed by atoms with E-state index in [1.54, 1.807) is 0 Å². The molecule has 0 spiro atoms. The number of carbonyl (C=O) groups excluding carboxylic acids is 1. The third kappa shape index (κ3) is 6.36. The van der Waals surface area contributed by atoms with E-state index in [9.17, 15) is 4.79 Å². The molecule has 4 heterocycles. The average molecular weight is 871 g/mol. The van der Waals surface area contributed by atoms with Gasteiger partial charge in [0.2, 0.25) is 5.84 Å². The summed E-state index contributed by atoms with van der Waals surface area (Å²) in [7, 11) is 0. The fourth-order valence-electron chi connectivity index (χ4n) is 9.10. The summed E-state index contributed by atoms with van der Waals surface area (Å²) in [6.07, 6.45) is 0. The highest BCUT2D eigenvalue weighted by Gasteiger charge is 2.44. The zero-order valence-electron chi connectivity index (χ0n) is 35.5. The standard InChI is InChI=1S/C56H36N7O4/c64-56-62(42-27-15-5-16-28-42)57-55(58-63(56)43-29-17-6-18-30-43)37-31-46-52-47(32-37)66-49-34-45(60(40-23-11-3-12-24-40)41-25-13-4-14-26-41)36-51-54(49)61(52)53-48(65-46)33-44(35-50(53)67-51)59(38-19-7-1-8-20-38)39-21-9-2-10-22-39/h1-36H. The second-order valence-corrected chi connectivity index (χ2v) is 16.2. The number of amides is 2. The van der Waals surface area contributed by atoms with Crippen LogP contribution >= 0.6 is 0 Å². The fraction of sp³-hybridized carbons (Fsp3) is 0. The van der Waals surface area contributed by atoms with Crippen LogP contribution in [0.1, 0.15) is 5.56 Å². The van der Waals surface area contributed by atoms with E-state index in [-0.39, 0.29) is 5.84 Å². The predicted octanol–water partition coefficient (Wildman–Crippen LogP) is 14.7. The number of anilines is 11. The SMILES string of the molecule is O=C1N(c2ccccc2)[N]C(c2cc3c4c(c2)Oc2cc(N(c5ccccc5)c5ccccc5)cc5c2N4c2c(cc(N(c4ccccc4)c4ccccc4)cc2O5)O3)=NN1c1ccccc1. The number of para-hydroxylation sites is 6. The van der Waals surface area contributed by atoms with Gasteiger partial charge in [-0.3, -0.25) is 4.90 Å². The molecule has 0 unspecified atom stereocenters. The predicted molar refractivity (Wildman–Crippen MR) is 263 cm³/mol. The summed E-state index contributed by atoms with van der Waals surface area (Å²) >= 11 is 0. The normalized spacial score (nSPS) is 13.6. The highest BCUT2D eigenvalue weighted by atomic mass is 16.5. The number of carbonyl (C=O) groups is 1. The van der Waals surface area contributed by atoms with Crippen LogP contribution in [0.4, 0.5) is 67.4 Å². The van der Waals surface area contributed by atoms with Gasteiger partial charge >= 0.3 is 6.03 Å². The number of nitrogens with zero attached hydrogens (tertiary/aromatic N) is 7. The molecule has 0 atom stereocenters. The minimum atomic E-state index is -0.424. The van der Waals surface area contributed by atoms with Crippen LogP contribution in [0.3, 0.4) is 0 Å². The summed E-state index contributed by atoms with van der Waals surface area (Å²) in [6.45, 7) is 0. The van der Waals surface area contributed by atoms with Gasteiger partial charge in [-0.25, -0.2) is 4.79 Å². The Morgan fingerprint density at radius 3 is 1.03 bits per heavy atom. The van der Waals surface area contributed by atoms with Gasteiger partial charge in [-0.15, -0.1) is 10.5 Å². The molecular weight excluding hydrogens is 835 g/mol. The van der Waals surface area contributed by atoms with E-state index in [1.165, 1.54) is 10.0 Å². The second-order valence-electron chi connectivity index (χ2n) is 16.2. The molecule has 0 aromatic heterocycles. The molecule has 319 valence electrons. The molecule has 0 bridgehead atoms. The molecule has 11 heteroatoms. The number of hydrazone groups is 1. The number of rotatable bonds is 9. The van der Waals surface area contributed by atoms with E-state index < -0.39 is 6.03 Å². The molecule has 0 N–H and O–H groups in total. The van der Waals surface area contributed by atoms with Gasteiger partial charge in [0.25, 0.3) is 0 Å². The molecule has 9 aromatic carbocycles. The molecule has 13 rings (SSSR count). The Morgan fingerprint density at radius 2 is 0.672 bits per heavy atom. The maximum Gasteiger partial charge on any atom is 0.370 e. The molecule has 2 amide bonds. The molecule has 4 aliphatic heterocycles. The van der Waals surface area contributed by atoms with Crippen molar-refractivity contribution in [2.45, 2.75) is 0 Å². The average Bonchev–Trinajstić information content (AvgIpc) is 3.38. The van der Waals surface area contributed by atoms with Gasteiger partial charge in [0.1, 0.15) is 17.1 Å². The number of urea groups is 1. The smallest absolute Gasteiger partial charge is 0.370 e. The van der Waals surface area contributed by atoms with Crippen molar-refractivity contribution in [2.24, 2.45) is 5.10 Å². The molecule has 0 saturated carbocycles. The molecule has 0 fully saturated rings. The monoisotopic (exact) mass is 870 g/mol. The van der Waals surface area contributed by atoms with Gasteiger partial charge in [0, 0.05) is 52.6 Å². The van der Waals surface area contributed by atoms with E-state index in [4.69, 9.17) is 24.7 Å². The van der Waals surface area contributed by atoms with Gasteiger partial charge < -0.3 is 24.0 Å². The van der Waals surface area contributed by atoms with Crippen molar-refractivity contribution >= 4 is 74.4 Å². The lowest BCUT2D eigenvalue weighted by molar-refractivity contribution is 0.249. The first-order valence-electron chi connectivity index (χ1n) is 21.9. The number of amidine groups is 1. The minimum Gasteiger partial charge on any atom is -0.453 e. The van der Waals surface area contributed by atoms with Crippen LogP contribution in [0.15, 0.2) is 223 Å². The number of hydrogen-bond donors (Lipinski definition) is 0. The first kappa shape index (κ1) is 38.0. The highest BCUT2D eigenvalue weighted by molar-refractivity contribution is 6.14. The van der Waals surface area contributed by atoms with E-state index in [0.29, 0.717) is 57.1 Å². The Morgan fingerprint density at radius 1 is 0.358 bits per heavy atom. The lowest BCUT2D eigenvalue weighted by Gasteiger charge is -2.43. The lowest BCUT2D eigenvalue weighted by atomic mass is 10.0.